The number of rotatable bonds is 3. The Balaban J connectivity index is 2.83. The van der Waals surface area contributed by atoms with Crippen LogP contribution in [0.5, 0.6) is 0 Å². The number of methoxy groups -OCH3 is 1. The molecular formula is C4H10O2S. The summed E-state index contributed by atoms with van der Waals surface area (Å²) in [5.74, 6) is 0.466. The Bertz CT molecular complexity index is 40.7. The lowest BCUT2D eigenvalue weighted by atomic mass is 10.4. The fraction of sp³-hybridized carbons (Fsp3) is 1.00. The highest BCUT2D eigenvalue weighted by Crippen LogP contribution is 1.84. The summed E-state index contributed by atoms with van der Waals surface area (Å²) < 4.78 is 4.60. The van der Waals surface area contributed by atoms with E-state index in [9.17, 15) is 0 Å². The van der Waals surface area contributed by atoms with Crippen molar-refractivity contribution in [3.05, 3.63) is 0 Å². The molecule has 0 aliphatic heterocycles. The number of ether oxygens (including phenoxy) is 1. The predicted octanol–water partition coefficient (Wildman–Crippen LogP) is -0.0765. The molecule has 7 heavy (non-hydrogen) atoms. The molecule has 0 amide bonds. The van der Waals surface area contributed by atoms with E-state index in [0.29, 0.717) is 12.4 Å². The number of aliphatic hydroxyl groups is 1. The van der Waals surface area contributed by atoms with Gasteiger partial charge in [0.05, 0.1) is 12.7 Å². The lowest BCUT2D eigenvalue weighted by Crippen LogP contribution is -2.14. The lowest BCUT2D eigenvalue weighted by molar-refractivity contribution is 0.0796. The van der Waals surface area contributed by atoms with Gasteiger partial charge in [0.15, 0.2) is 0 Å². The number of hydrogen-bond acceptors (Lipinski definition) is 3. The molecule has 44 valence electrons. The summed E-state index contributed by atoms with van der Waals surface area (Å²) in [7, 11) is 1.55. The molecule has 0 aliphatic rings. The standard InChI is InChI=1S/C4H10O2S/c1-6-2-4(5)3-7/h4-5,7H,2-3H2,1H3/t4-/m0/s1. The zero-order chi connectivity index (χ0) is 5.70. The van der Waals surface area contributed by atoms with Crippen molar-refractivity contribution in [1.29, 1.82) is 0 Å². The van der Waals surface area contributed by atoms with E-state index in [0.717, 1.165) is 0 Å². The van der Waals surface area contributed by atoms with Gasteiger partial charge in [-0.1, -0.05) is 0 Å². The van der Waals surface area contributed by atoms with Crippen molar-refractivity contribution in [2.75, 3.05) is 19.5 Å². The average Bonchev–Trinajstić information content (AvgIpc) is 1.68. The van der Waals surface area contributed by atoms with Crippen molar-refractivity contribution in [2.45, 2.75) is 6.10 Å². The van der Waals surface area contributed by atoms with Crippen LogP contribution in [-0.4, -0.2) is 30.7 Å². The van der Waals surface area contributed by atoms with Crippen LogP contribution in [0.2, 0.25) is 0 Å². The highest BCUT2D eigenvalue weighted by molar-refractivity contribution is 7.80. The maximum atomic E-state index is 8.66. The summed E-state index contributed by atoms with van der Waals surface area (Å²) in [6, 6.07) is 0. The molecule has 0 aromatic rings. The smallest absolute Gasteiger partial charge is 0.0861 e. The number of thiol groups is 1. The minimum atomic E-state index is -0.409. The third-order valence-corrected chi connectivity index (χ3v) is 0.991. The van der Waals surface area contributed by atoms with Gasteiger partial charge in [0.25, 0.3) is 0 Å². The molecular weight excluding hydrogens is 112 g/mol. The third-order valence-electron chi connectivity index (χ3n) is 0.570. The van der Waals surface area contributed by atoms with Gasteiger partial charge in [-0.15, -0.1) is 0 Å². The topological polar surface area (TPSA) is 29.5 Å². The maximum absolute atomic E-state index is 8.66. The summed E-state index contributed by atoms with van der Waals surface area (Å²) in [5, 5.41) is 8.66. The van der Waals surface area contributed by atoms with E-state index >= 15 is 0 Å². The average molecular weight is 122 g/mol. The molecule has 0 aromatic heterocycles. The highest BCUT2D eigenvalue weighted by atomic mass is 32.1. The molecule has 0 aromatic carbocycles. The van der Waals surface area contributed by atoms with Gasteiger partial charge in [0, 0.05) is 12.9 Å². The van der Waals surface area contributed by atoms with Crippen LogP contribution in [0.15, 0.2) is 0 Å². The Kier molecular flexibility index (Phi) is 4.60. The Morgan fingerprint density at radius 1 is 1.86 bits per heavy atom. The molecule has 1 atom stereocenters. The zero-order valence-electron chi connectivity index (χ0n) is 4.29. The SMILES string of the molecule is COC[C@H](O)CS. The Morgan fingerprint density at radius 2 is 2.43 bits per heavy atom. The zero-order valence-corrected chi connectivity index (χ0v) is 5.19. The monoisotopic (exact) mass is 122 g/mol. The molecule has 0 unspecified atom stereocenters. The second-order valence-electron chi connectivity index (χ2n) is 1.29. The fourth-order valence-electron chi connectivity index (χ4n) is 0.245. The largest absolute Gasteiger partial charge is 0.390 e. The second kappa shape index (κ2) is 4.43. The maximum Gasteiger partial charge on any atom is 0.0861 e. The van der Waals surface area contributed by atoms with Crippen LogP contribution in [0, 0.1) is 0 Å². The molecule has 0 radical (unpaired) electrons. The van der Waals surface area contributed by atoms with Crippen molar-refractivity contribution in [2.24, 2.45) is 0 Å². The van der Waals surface area contributed by atoms with E-state index in [-0.39, 0.29) is 0 Å². The second-order valence-corrected chi connectivity index (χ2v) is 1.66. The van der Waals surface area contributed by atoms with E-state index in [1.807, 2.05) is 0 Å². The summed E-state index contributed by atoms with van der Waals surface area (Å²) in [6.45, 7) is 0.378. The highest BCUT2D eigenvalue weighted by Gasteiger charge is 1.95. The molecule has 0 saturated carbocycles. The van der Waals surface area contributed by atoms with Crippen LogP contribution < -0.4 is 0 Å². The van der Waals surface area contributed by atoms with Gasteiger partial charge in [-0.25, -0.2) is 0 Å². The van der Waals surface area contributed by atoms with Crippen LogP contribution in [-0.2, 0) is 4.74 Å². The van der Waals surface area contributed by atoms with Crippen molar-refractivity contribution in [3.8, 4) is 0 Å². The van der Waals surface area contributed by atoms with Gasteiger partial charge in [-0.3, -0.25) is 0 Å². The first-order valence-electron chi connectivity index (χ1n) is 2.09. The molecule has 0 heterocycles. The Morgan fingerprint density at radius 3 is 2.57 bits per heavy atom. The van der Waals surface area contributed by atoms with Crippen molar-refractivity contribution in [1.82, 2.24) is 0 Å². The van der Waals surface area contributed by atoms with Gasteiger partial charge >= 0.3 is 0 Å². The van der Waals surface area contributed by atoms with Crippen molar-refractivity contribution >= 4 is 12.6 Å². The van der Waals surface area contributed by atoms with E-state index in [4.69, 9.17) is 5.11 Å². The van der Waals surface area contributed by atoms with Gasteiger partial charge in [-0.05, 0) is 0 Å². The molecule has 0 spiro atoms. The molecule has 0 saturated heterocycles. The fourth-order valence-corrected chi connectivity index (χ4v) is 0.351. The van der Waals surface area contributed by atoms with Crippen LogP contribution in [0.25, 0.3) is 0 Å². The molecule has 2 nitrogen and oxygen atoms in total. The molecule has 0 fully saturated rings. The van der Waals surface area contributed by atoms with Gasteiger partial charge < -0.3 is 9.84 Å². The first kappa shape index (κ1) is 7.27. The normalized spacial score (nSPS) is 14.1. The van der Waals surface area contributed by atoms with Crippen LogP contribution in [0.3, 0.4) is 0 Å². The quantitative estimate of drug-likeness (QED) is 0.513. The van der Waals surface area contributed by atoms with Crippen LogP contribution >= 0.6 is 12.6 Å². The van der Waals surface area contributed by atoms with Gasteiger partial charge in [-0.2, -0.15) is 12.6 Å². The van der Waals surface area contributed by atoms with Crippen molar-refractivity contribution < 1.29 is 9.84 Å². The number of aliphatic hydroxyl groups excluding tert-OH is 1. The van der Waals surface area contributed by atoms with Crippen molar-refractivity contribution in [3.63, 3.8) is 0 Å². The molecule has 0 aliphatic carbocycles. The molecule has 0 bridgehead atoms. The number of hydrogen-bond donors (Lipinski definition) is 2. The van der Waals surface area contributed by atoms with E-state index < -0.39 is 6.10 Å². The van der Waals surface area contributed by atoms with E-state index in [1.54, 1.807) is 7.11 Å². The van der Waals surface area contributed by atoms with E-state index in [2.05, 4.69) is 17.4 Å². The van der Waals surface area contributed by atoms with E-state index in [1.165, 1.54) is 0 Å². The lowest BCUT2D eigenvalue weighted by Gasteiger charge is -2.02. The first-order chi connectivity index (χ1) is 3.31. The van der Waals surface area contributed by atoms with Crippen LogP contribution in [0.4, 0.5) is 0 Å². The Hall–Kier alpha value is 0.270. The first-order valence-corrected chi connectivity index (χ1v) is 2.72. The summed E-state index contributed by atoms with van der Waals surface area (Å²) in [5.41, 5.74) is 0. The minimum Gasteiger partial charge on any atom is -0.390 e. The predicted molar refractivity (Wildman–Crippen MR) is 31.7 cm³/mol. The van der Waals surface area contributed by atoms with Gasteiger partial charge in [0.1, 0.15) is 0 Å². The molecule has 1 N–H and O–H groups in total. The summed E-state index contributed by atoms with van der Waals surface area (Å²) >= 11 is 3.82. The van der Waals surface area contributed by atoms with Crippen LogP contribution in [0.1, 0.15) is 0 Å². The third kappa shape index (κ3) is 4.12. The summed E-state index contributed by atoms with van der Waals surface area (Å²) in [4.78, 5) is 0. The summed E-state index contributed by atoms with van der Waals surface area (Å²) in [6.07, 6.45) is -0.409. The van der Waals surface area contributed by atoms with Gasteiger partial charge in [0.2, 0.25) is 0 Å². The molecule has 0 rings (SSSR count). The molecule has 3 heteroatoms. The Labute approximate surface area is 48.9 Å². The minimum absolute atomic E-state index is 0.378.